The van der Waals surface area contributed by atoms with Crippen LogP contribution in [0.2, 0.25) is 0 Å². The molecule has 0 aliphatic carbocycles. The number of fused-ring (bicyclic) bond motifs is 1. The molecule has 0 bridgehead atoms. The van der Waals surface area contributed by atoms with Gasteiger partial charge in [-0.2, -0.15) is 0 Å². The molecule has 1 unspecified atom stereocenters. The minimum Gasteiger partial charge on any atom is -0.354 e. The molecule has 5 aromatic rings. The summed E-state index contributed by atoms with van der Waals surface area (Å²) in [7, 11) is 0. The van der Waals surface area contributed by atoms with Gasteiger partial charge in [-0.1, -0.05) is 121 Å². The number of aromatic nitrogens is 1. The minimum absolute atomic E-state index is 0.137. The minimum atomic E-state index is 0.137. The lowest BCUT2D eigenvalue weighted by Gasteiger charge is -2.16. The van der Waals surface area contributed by atoms with Crippen molar-refractivity contribution in [3.63, 3.8) is 0 Å². The summed E-state index contributed by atoms with van der Waals surface area (Å²) in [6, 6.07) is 40.5. The Morgan fingerprint density at radius 3 is 1.93 bits per heavy atom. The van der Waals surface area contributed by atoms with Gasteiger partial charge in [-0.25, -0.2) is 0 Å². The number of aromatic amines is 1. The van der Waals surface area contributed by atoms with E-state index in [1.165, 1.54) is 38.9 Å². The van der Waals surface area contributed by atoms with Crippen LogP contribution in [0.15, 0.2) is 121 Å². The second-order valence-corrected chi connectivity index (χ2v) is 7.48. The van der Waals surface area contributed by atoms with Crippen molar-refractivity contribution in [1.29, 1.82) is 0 Å². The van der Waals surface area contributed by atoms with Gasteiger partial charge in [0.15, 0.2) is 0 Å². The van der Waals surface area contributed by atoms with Gasteiger partial charge in [-0.05, 0) is 28.3 Å². The lowest BCUT2D eigenvalue weighted by molar-refractivity contribution is 1.05. The fraction of sp³-hybridized carbons (Fsp3) is 0.0345. The third-order valence-corrected chi connectivity index (χ3v) is 5.56. The number of hydrogen-bond acceptors (Lipinski definition) is 0. The van der Waals surface area contributed by atoms with Crippen LogP contribution in [0.3, 0.4) is 0 Å². The van der Waals surface area contributed by atoms with Gasteiger partial charge in [-0.15, -0.1) is 0 Å². The molecule has 0 amide bonds. The van der Waals surface area contributed by atoms with Gasteiger partial charge in [0.1, 0.15) is 0 Å². The predicted molar refractivity (Wildman–Crippen MR) is 127 cm³/mol. The van der Waals surface area contributed by atoms with Gasteiger partial charge >= 0.3 is 0 Å². The first kappa shape index (κ1) is 18.2. The standard InChI is InChI=1S/C29H23N/c1-4-12-22(13-5-1)20-21-25(23-14-6-2-7-15-23)28-26-18-10-11-19-27(26)30-29(28)24-16-8-3-9-17-24/h1-21,25,30H/b21-20+. The highest BCUT2D eigenvalue weighted by atomic mass is 14.7. The Morgan fingerprint density at radius 2 is 1.20 bits per heavy atom. The maximum atomic E-state index is 3.70. The van der Waals surface area contributed by atoms with Crippen molar-refractivity contribution < 1.29 is 0 Å². The van der Waals surface area contributed by atoms with Crippen molar-refractivity contribution in [2.45, 2.75) is 5.92 Å². The van der Waals surface area contributed by atoms with E-state index in [0.717, 1.165) is 0 Å². The summed E-state index contributed by atoms with van der Waals surface area (Å²) in [6.07, 6.45) is 4.56. The summed E-state index contributed by atoms with van der Waals surface area (Å²) in [5.41, 5.74) is 7.36. The van der Waals surface area contributed by atoms with Gasteiger partial charge in [0, 0.05) is 16.8 Å². The number of H-pyrrole nitrogens is 1. The van der Waals surface area contributed by atoms with Gasteiger partial charge < -0.3 is 4.98 Å². The first-order chi connectivity index (χ1) is 14.9. The molecular formula is C29H23N. The second-order valence-electron chi connectivity index (χ2n) is 7.48. The van der Waals surface area contributed by atoms with E-state index in [0.29, 0.717) is 0 Å². The van der Waals surface area contributed by atoms with Gasteiger partial charge in [0.2, 0.25) is 0 Å². The zero-order valence-corrected chi connectivity index (χ0v) is 16.7. The van der Waals surface area contributed by atoms with Crippen molar-refractivity contribution in [3.05, 3.63) is 138 Å². The Balaban J connectivity index is 1.74. The summed E-state index contributed by atoms with van der Waals surface area (Å²) in [6.45, 7) is 0. The number of benzene rings is 4. The molecule has 1 nitrogen and oxygen atoms in total. The monoisotopic (exact) mass is 385 g/mol. The van der Waals surface area contributed by atoms with Crippen LogP contribution in [0.5, 0.6) is 0 Å². The van der Waals surface area contributed by atoms with Crippen molar-refractivity contribution in [3.8, 4) is 11.3 Å². The van der Waals surface area contributed by atoms with E-state index in [1.54, 1.807) is 0 Å². The quantitative estimate of drug-likeness (QED) is 0.319. The Labute approximate surface area is 177 Å². The van der Waals surface area contributed by atoms with Crippen LogP contribution in [0.25, 0.3) is 28.2 Å². The fourth-order valence-corrected chi connectivity index (χ4v) is 4.13. The molecule has 1 heterocycles. The van der Waals surface area contributed by atoms with Crippen LogP contribution in [0.1, 0.15) is 22.6 Å². The Kier molecular flexibility index (Phi) is 5.01. The van der Waals surface area contributed by atoms with Crippen LogP contribution in [0.4, 0.5) is 0 Å². The topological polar surface area (TPSA) is 15.8 Å². The van der Waals surface area contributed by atoms with Crippen LogP contribution < -0.4 is 0 Å². The molecule has 0 aliphatic rings. The van der Waals surface area contributed by atoms with Gasteiger partial charge in [0.25, 0.3) is 0 Å². The predicted octanol–water partition coefficient (Wildman–Crippen LogP) is 7.68. The van der Waals surface area contributed by atoms with E-state index in [1.807, 2.05) is 0 Å². The number of para-hydroxylation sites is 1. The normalized spacial score (nSPS) is 12.4. The number of hydrogen-bond donors (Lipinski definition) is 1. The molecular weight excluding hydrogens is 362 g/mol. The summed E-state index contributed by atoms with van der Waals surface area (Å²) in [5.74, 6) is 0.137. The molecule has 0 fully saturated rings. The summed E-state index contributed by atoms with van der Waals surface area (Å²) >= 11 is 0. The first-order valence-electron chi connectivity index (χ1n) is 10.3. The maximum absolute atomic E-state index is 3.70. The average molecular weight is 386 g/mol. The highest BCUT2D eigenvalue weighted by Gasteiger charge is 2.21. The molecule has 30 heavy (non-hydrogen) atoms. The summed E-state index contributed by atoms with van der Waals surface area (Å²) < 4.78 is 0. The van der Waals surface area contributed by atoms with E-state index in [-0.39, 0.29) is 5.92 Å². The van der Waals surface area contributed by atoms with Crippen LogP contribution >= 0.6 is 0 Å². The molecule has 0 radical (unpaired) electrons. The molecule has 0 saturated carbocycles. The van der Waals surface area contributed by atoms with E-state index in [4.69, 9.17) is 0 Å². The Hall–Kier alpha value is -3.84. The zero-order chi connectivity index (χ0) is 20.2. The molecule has 1 heteroatoms. The summed E-state index contributed by atoms with van der Waals surface area (Å²) in [5, 5.41) is 1.27. The van der Waals surface area contributed by atoms with E-state index in [2.05, 4.69) is 132 Å². The lowest BCUT2D eigenvalue weighted by Crippen LogP contribution is -1.99. The van der Waals surface area contributed by atoms with E-state index >= 15 is 0 Å². The zero-order valence-electron chi connectivity index (χ0n) is 16.7. The second kappa shape index (κ2) is 8.26. The van der Waals surface area contributed by atoms with E-state index in [9.17, 15) is 0 Å². The molecule has 1 aromatic heterocycles. The SMILES string of the molecule is C(=C\C(c1ccccc1)c1c(-c2ccccc2)[nH]c2ccccc12)/c1ccccc1. The van der Waals surface area contributed by atoms with Crippen LogP contribution in [0, 0.1) is 0 Å². The smallest absolute Gasteiger partial charge is 0.0506 e. The van der Waals surface area contributed by atoms with Gasteiger partial charge in [-0.3, -0.25) is 0 Å². The number of rotatable bonds is 5. The highest BCUT2D eigenvalue weighted by Crippen LogP contribution is 2.39. The van der Waals surface area contributed by atoms with Gasteiger partial charge in [0.05, 0.1) is 5.69 Å². The van der Waals surface area contributed by atoms with Crippen LogP contribution in [-0.4, -0.2) is 4.98 Å². The maximum Gasteiger partial charge on any atom is 0.0506 e. The van der Waals surface area contributed by atoms with E-state index < -0.39 is 0 Å². The lowest BCUT2D eigenvalue weighted by atomic mass is 9.87. The third-order valence-electron chi connectivity index (χ3n) is 5.56. The highest BCUT2D eigenvalue weighted by molar-refractivity contribution is 5.92. The fourth-order valence-electron chi connectivity index (χ4n) is 4.13. The molecule has 0 aliphatic heterocycles. The molecule has 0 saturated heterocycles. The molecule has 4 aromatic carbocycles. The first-order valence-corrected chi connectivity index (χ1v) is 10.3. The average Bonchev–Trinajstić information content (AvgIpc) is 3.21. The molecule has 0 spiro atoms. The third kappa shape index (κ3) is 3.58. The number of nitrogens with one attached hydrogen (secondary N) is 1. The molecule has 1 atom stereocenters. The van der Waals surface area contributed by atoms with Crippen LogP contribution in [-0.2, 0) is 0 Å². The molecule has 5 rings (SSSR count). The van der Waals surface area contributed by atoms with Crippen molar-refractivity contribution in [1.82, 2.24) is 4.98 Å². The van der Waals surface area contributed by atoms with Crippen molar-refractivity contribution in [2.75, 3.05) is 0 Å². The Bertz CT molecular complexity index is 1270. The summed E-state index contributed by atoms with van der Waals surface area (Å²) in [4.78, 5) is 3.70. The molecule has 144 valence electrons. The van der Waals surface area contributed by atoms with Crippen molar-refractivity contribution >= 4 is 17.0 Å². The Morgan fingerprint density at radius 1 is 0.600 bits per heavy atom. The molecule has 1 N–H and O–H groups in total. The number of allylic oxidation sites excluding steroid dienone is 1. The van der Waals surface area contributed by atoms with Crippen molar-refractivity contribution in [2.24, 2.45) is 0 Å². The largest absolute Gasteiger partial charge is 0.354 e.